The number of nitrogens with zero attached hydrogens (tertiary/aromatic N) is 1. The summed E-state index contributed by atoms with van der Waals surface area (Å²) in [5.41, 5.74) is 2.72. The molecule has 2 aromatic rings. The number of fused-ring (bicyclic) bond motifs is 1. The molecule has 0 atom stereocenters. The van der Waals surface area contributed by atoms with E-state index < -0.39 is 0 Å². The standard InChI is InChI=1S/C15H16FNO2/c1-9-8-10(6-7-13(9)16)17-14(18)11-4-2-3-5-12(11)15(17)19/h6-8,18-19H,2-5H2,1H3. The molecule has 0 unspecified atom stereocenters. The SMILES string of the molecule is Cc1cc(-n2c(O)c3c(c2O)CCCC3)ccc1F. The van der Waals surface area contributed by atoms with E-state index in [0.717, 1.165) is 36.8 Å². The van der Waals surface area contributed by atoms with Gasteiger partial charge in [-0.15, -0.1) is 0 Å². The molecular formula is C15H16FNO2. The molecule has 4 heteroatoms. The van der Waals surface area contributed by atoms with Crippen molar-refractivity contribution < 1.29 is 14.6 Å². The average Bonchev–Trinajstić information content (AvgIpc) is 2.66. The Morgan fingerprint density at radius 3 is 2.16 bits per heavy atom. The van der Waals surface area contributed by atoms with Crippen molar-refractivity contribution in [2.45, 2.75) is 32.6 Å². The third-order valence-electron chi connectivity index (χ3n) is 3.83. The topological polar surface area (TPSA) is 45.4 Å². The molecule has 19 heavy (non-hydrogen) atoms. The quantitative estimate of drug-likeness (QED) is 0.828. The second kappa shape index (κ2) is 4.30. The number of aromatic nitrogens is 1. The van der Waals surface area contributed by atoms with Crippen molar-refractivity contribution in [3.05, 3.63) is 40.7 Å². The molecule has 0 spiro atoms. The molecule has 100 valence electrons. The van der Waals surface area contributed by atoms with Gasteiger partial charge >= 0.3 is 0 Å². The number of halogens is 1. The first-order chi connectivity index (χ1) is 9.09. The molecule has 1 aliphatic rings. The molecule has 0 aliphatic heterocycles. The van der Waals surface area contributed by atoms with Gasteiger partial charge in [0.2, 0.25) is 11.8 Å². The maximum absolute atomic E-state index is 13.3. The summed E-state index contributed by atoms with van der Waals surface area (Å²) in [6.45, 7) is 1.66. The zero-order valence-corrected chi connectivity index (χ0v) is 10.8. The van der Waals surface area contributed by atoms with E-state index in [1.165, 1.54) is 10.6 Å². The first kappa shape index (κ1) is 12.1. The number of hydrogen-bond donors (Lipinski definition) is 2. The maximum atomic E-state index is 13.3. The lowest BCUT2D eigenvalue weighted by Gasteiger charge is -2.09. The van der Waals surface area contributed by atoms with Gasteiger partial charge in [-0.1, -0.05) is 0 Å². The molecule has 2 N–H and O–H groups in total. The molecule has 3 nitrogen and oxygen atoms in total. The van der Waals surface area contributed by atoms with Gasteiger partial charge in [-0.3, -0.25) is 4.57 Å². The number of aryl methyl sites for hydroxylation is 1. The second-order valence-electron chi connectivity index (χ2n) is 5.08. The summed E-state index contributed by atoms with van der Waals surface area (Å²) in [7, 11) is 0. The van der Waals surface area contributed by atoms with Crippen molar-refractivity contribution >= 4 is 0 Å². The van der Waals surface area contributed by atoms with Crippen LogP contribution in [0.15, 0.2) is 18.2 Å². The van der Waals surface area contributed by atoms with Crippen molar-refractivity contribution in [3.63, 3.8) is 0 Å². The zero-order chi connectivity index (χ0) is 13.6. The van der Waals surface area contributed by atoms with Gasteiger partial charge in [0.25, 0.3) is 0 Å². The summed E-state index contributed by atoms with van der Waals surface area (Å²) in [6, 6.07) is 4.54. The van der Waals surface area contributed by atoms with E-state index in [4.69, 9.17) is 0 Å². The Hall–Kier alpha value is -1.97. The summed E-state index contributed by atoms with van der Waals surface area (Å²) in [5.74, 6) is -0.129. The van der Waals surface area contributed by atoms with Crippen LogP contribution < -0.4 is 0 Å². The Morgan fingerprint density at radius 1 is 1.05 bits per heavy atom. The van der Waals surface area contributed by atoms with Gasteiger partial charge in [0, 0.05) is 11.1 Å². The van der Waals surface area contributed by atoms with Crippen LogP contribution in [-0.2, 0) is 12.8 Å². The lowest BCUT2D eigenvalue weighted by Crippen LogP contribution is -1.98. The lowest BCUT2D eigenvalue weighted by molar-refractivity contribution is 0.399. The Kier molecular flexibility index (Phi) is 2.73. The molecule has 0 saturated heterocycles. The summed E-state index contributed by atoms with van der Waals surface area (Å²) < 4.78 is 14.7. The van der Waals surface area contributed by atoms with Crippen LogP contribution in [0.4, 0.5) is 4.39 Å². The number of hydrogen-bond acceptors (Lipinski definition) is 2. The van der Waals surface area contributed by atoms with Crippen LogP contribution in [0.3, 0.4) is 0 Å². The highest BCUT2D eigenvalue weighted by molar-refractivity contribution is 5.54. The fourth-order valence-corrected chi connectivity index (χ4v) is 2.78. The molecular weight excluding hydrogens is 245 g/mol. The highest BCUT2D eigenvalue weighted by Gasteiger charge is 2.25. The summed E-state index contributed by atoms with van der Waals surface area (Å²) >= 11 is 0. The highest BCUT2D eigenvalue weighted by Crippen LogP contribution is 2.40. The largest absolute Gasteiger partial charge is 0.494 e. The van der Waals surface area contributed by atoms with Gasteiger partial charge in [-0.25, -0.2) is 4.39 Å². The van der Waals surface area contributed by atoms with E-state index in [1.807, 2.05) is 0 Å². The summed E-state index contributed by atoms with van der Waals surface area (Å²) in [4.78, 5) is 0. The summed E-state index contributed by atoms with van der Waals surface area (Å²) in [5, 5.41) is 20.6. The smallest absolute Gasteiger partial charge is 0.202 e. The second-order valence-corrected chi connectivity index (χ2v) is 5.08. The van der Waals surface area contributed by atoms with Gasteiger partial charge in [0.15, 0.2) is 0 Å². The molecule has 1 aromatic heterocycles. The van der Waals surface area contributed by atoms with Crippen molar-refractivity contribution in [1.82, 2.24) is 4.57 Å². The van der Waals surface area contributed by atoms with Gasteiger partial charge in [0.1, 0.15) is 5.82 Å². The van der Waals surface area contributed by atoms with E-state index in [-0.39, 0.29) is 17.6 Å². The minimum atomic E-state index is -0.292. The maximum Gasteiger partial charge on any atom is 0.202 e. The minimum absolute atomic E-state index is 0.0817. The molecule has 1 heterocycles. The minimum Gasteiger partial charge on any atom is -0.494 e. The first-order valence-corrected chi connectivity index (χ1v) is 6.50. The highest BCUT2D eigenvalue weighted by atomic mass is 19.1. The summed E-state index contributed by atoms with van der Waals surface area (Å²) in [6.07, 6.45) is 3.60. The van der Waals surface area contributed by atoms with Crippen LogP contribution in [-0.4, -0.2) is 14.8 Å². The van der Waals surface area contributed by atoms with Gasteiger partial charge < -0.3 is 10.2 Å². The van der Waals surface area contributed by atoms with Crippen LogP contribution in [0.25, 0.3) is 5.69 Å². The predicted molar refractivity (Wildman–Crippen MR) is 70.4 cm³/mol. The number of benzene rings is 1. The first-order valence-electron chi connectivity index (χ1n) is 6.50. The molecule has 0 radical (unpaired) electrons. The Morgan fingerprint density at radius 2 is 1.63 bits per heavy atom. The van der Waals surface area contributed by atoms with Crippen LogP contribution in [0, 0.1) is 12.7 Å². The van der Waals surface area contributed by atoms with Crippen molar-refractivity contribution in [1.29, 1.82) is 0 Å². The lowest BCUT2D eigenvalue weighted by atomic mass is 9.95. The van der Waals surface area contributed by atoms with Crippen LogP contribution in [0.1, 0.15) is 29.5 Å². The Balaban J connectivity index is 2.19. The van der Waals surface area contributed by atoms with Gasteiger partial charge in [0.05, 0.1) is 5.69 Å². The van der Waals surface area contributed by atoms with Crippen LogP contribution >= 0.6 is 0 Å². The van der Waals surface area contributed by atoms with E-state index in [9.17, 15) is 14.6 Å². The third-order valence-corrected chi connectivity index (χ3v) is 3.83. The molecule has 3 rings (SSSR count). The van der Waals surface area contributed by atoms with E-state index >= 15 is 0 Å². The molecule has 1 aromatic carbocycles. The average molecular weight is 261 g/mol. The fourth-order valence-electron chi connectivity index (χ4n) is 2.78. The zero-order valence-electron chi connectivity index (χ0n) is 10.8. The molecule has 0 saturated carbocycles. The number of aromatic hydroxyl groups is 2. The normalized spacial score (nSPS) is 14.4. The number of rotatable bonds is 1. The van der Waals surface area contributed by atoms with Crippen LogP contribution in [0.2, 0.25) is 0 Å². The molecule has 1 aliphatic carbocycles. The van der Waals surface area contributed by atoms with Crippen molar-refractivity contribution in [2.75, 3.05) is 0 Å². The van der Waals surface area contributed by atoms with Gasteiger partial charge in [-0.2, -0.15) is 0 Å². The van der Waals surface area contributed by atoms with Crippen molar-refractivity contribution in [3.8, 4) is 17.4 Å². The van der Waals surface area contributed by atoms with E-state index in [2.05, 4.69) is 0 Å². The predicted octanol–water partition coefficient (Wildman–Crippen LogP) is 3.21. The monoisotopic (exact) mass is 261 g/mol. The molecule has 0 amide bonds. The Labute approximate surface area is 110 Å². The third kappa shape index (κ3) is 1.79. The molecule has 0 bridgehead atoms. The Bertz CT molecular complexity index is 617. The van der Waals surface area contributed by atoms with Crippen LogP contribution in [0.5, 0.6) is 11.8 Å². The fraction of sp³-hybridized carbons (Fsp3) is 0.333. The van der Waals surface area contributed by atoms with E-state index in [1.54, 1.807) is 19.1 Å². The molecule has 0 fully saturated rings. The van der Waals surface area contributed by atoms with E-state index in [0.29, 0.717) is 11.3 Å². The van der Waals surface area contributed by atoms with Crippen molar-refractivity contribution in [2.24, 2.45) is 0 Å². The van der Waals surface area contributed by atoms with Gasteiger partial charge in [-0.05, 0) is 56.4 Å².